The fourth-order valence-electron chi connectivity index (χ4n) is 2.93. The van der Waals surface area contributed by atoms with Gasteiger partial charge in [-0.15, -0.1) is 0 Å². The van der Waals surface area contributed by atoms with Gasteiger partial charge in [0.25, 0.3) is 0 Å². The molecular formula is C20H27NO5. The van der Waals surface area contributed by atoms with Crippen molar-refractivity contribution in [2.75, 3.05) is 6.54 Å². The number of rotatable bonds is 7. The van der Waals surface area contributed by atoms with Crippen LogP contribution in [0.2, 0.25) is 0 Å². The summed E-state index contributed by atoms with van der Waals surface area (Å²) in [7, 11) is 0. The molecule has 0 heterocycles. The molecule has 0 amide bonds. The van der Waals surface area contributed by atoms with E-state index in [1.807, 2.05) is 13.8 Å². The van der Waals surface area contributed by atoms with E-state index in [9.17, 15) is 14.4 Å². The van der Waals surface area contributed by atoms with Gasteiger partial charge in [-0.3, -0.25) is 14.4 Å². The Kier molecular flexibility index (Phi) is 7.33. The van der Waals surface area contributed by atoms with Crippen LogP contribution in [0.15, 0.2) is 18.2 Å². The Bertz CT molecular complexity index is 662. The zero-order valence-corrected chi connectivity index (χ0v) is 15.7. The summed E-state index contributed by atoms with van der Waals surface area (Å²) < 4.78 is 10.6. The molecule has 1 fully saturated rings. The zero-order valence-electron chi connectivity index (χ0n) is 15.7. The first-order chi connectivity index (χ1) is 12.4. The maximum absolute atomic E-state index is 12.4. The van der Waals surface area contributed by atoms with Gasteiger partial charge >= 0.3 is 11.9 Å². The van der Waals surface area contributed by atoms with Crippen molar-refractivity contribution in [1.82, 2.24) is 5.32 Å². The van der Waals surface area contributed by atoms with Crippen LogP contribution >= 0.6 is 0 Å². The van der Waals surface area contributed by atoms with Crippen molar-refractivity contribution in [3.8, 4) is 11.5 Å². The van der Waals surface area contributed by atoms with Crippen molar-refractivity contribution >= 4 is 17.7 Å². The van der Waals surface area contributed by atoms with E-state index in [2.05, 4.69) is 5.32 Å². The van der Waals surface area contributed by atoms with E-state index in [1.54, 1.807) is 6.07 Å². The number of carbonyl (C=O) groups excluding carboxylic acids is 3. The molecule has 0 bridgehead atoms. The molecule has 6 heteroatoms. The third-order valence-corrected chi connectivity index (χ3v) is 4.34. The van der Waals surface area contributed by atoms with Crippen molar-refractivity contribution < 1.29 is 23.9 Å². The number of ether oxygens (including phenoxy) is 2. The van der Waals surface area contributed by atoms with Gasteiger partial charge in [0.05, 0.1) is 12.5 Å². The predicted octanol–water partition coefficient (Wildman–Crippen LogP) is 3.28. The second-order valence-corrected chi connectivity index (χ2v) is 6.97. The average molecular weight is 361 g/mol. The highest BCUT2D eigenvalue weighted by molar-refractivity contribution is 5.98. The minimum absolute atomic E-state index is 0.117. The lowest BCUT2D eigenvalue weighted by molar-refractivity contribution is -0.140. The number of carbonyl (C=O) groups is 3. The van der Waals surface area contributed by atoms with Gasteiger partial charge in [-0.05, 0) is 31.0 Å². The molecule has 2 rings (SSSR count). The van der Waals surface area contributed by atoms with E-state index in [0.29, 0.717) is 5.56 Å². The number of esters is 2. The number of ketones is 1. The molecule has 142 valence electrons. The number of Topliss-reactive ketones (excluding diaryl/α,β-unsaturated/α-hetero) is 1. The van der Waals surface area contributed by atoms with Crippen LogP contribution in [-0.2, 0) is 9.59 Å². The van der Waals surface area contributed by atoms with Crippen LogP contribution in [-0.4, -0.2) is 30.3 Å². The highest BCUT2D eigenvalue weighted by Gasteiger charge is 2.25. The Morgan fingerprint density at radius 3 is 2.38 bits per heavy atom. The maximum Gasteiger partial charge on any atom is 0.314 e. The zero-order chi connectivity index (χ0) is 19.1. The van der Waals surface area contributed by atoms with Crippen molar-refractivity contribution in [2.24, 2.45) is 5.92 Å². The van der Waals surface area contributed by atoms with E-state index < -0.39 is 5.97 Å². The largest absolute Gasteiger partial charge is 0.423 e. The molecule has 1 N–H and O–H groups in total. The van der Waals surface area contributed by atoms with E-state index in [1.165, 1.54) is 19.1 Å². The molecule has 0 aliphatic heterocycles. The smallest absolute Gasteiger partial charge is 0.314 e. The molecule has 1 aliphatic carbocycles. The van der Waals surface area contributed by atoms with Crippen LogP contribution in [0, 0.1) is 5.92 Å². The molecule has 0 atom stereocenters. The van der Waals surface area contributed by atoms with Crippen LogP contribution < -0.4 is 14.8 Å². The first-order valence-electron chi connectivity index (χ1n) is 9.17. The van der Waals surface area contributed by atoms with E-state index in [4.69, 9.17) is 9.47 Å². The molecule has 26 heavy (non-hydrogen) atoms. The lowest BCUT2D eigenvalue weighted by Crippen LogP contribution is -2.29. The Labute approximate surface area is 154 Å². The van der Waals surface area contributed by atoms with Crippen LogP contribution in [0.1, 0.15) is 63.2 Å². The minimum atomic E-state index is -0.513. The Hall–Kier alpha value is -2.21. The second-order valence-electron chi connectivity index (χ2n) is 6.97. The topological polar surface area (TPSA) is 81.7 Å². The molecule has 6 nitrogen and oxygen atoms in total. The van der Waals surface area contributed by atoms with E-state index >= 15 is 0 Å². The normalized spacial score (nSPS) is 14.9. The molecule has 0 saturated heterocycles. The Balaban J connectivity index is 2.18. The molecule has 0 aromatic heterocycles. The van der Waals surface area contributed by atoms with Gasteiger partial charge in [0, 0.05) is 18.5 Å². The van der Waals surface area contributed by atoms with Crippen molar-refractivity contribution in [2.45, 2.75) is 58.9 Å². The van der Waals surface area contributed by atoms with Crippen molar-refractivity contribution in [3.05, 3.63) is 23.8 Å². The summed E-state index contributed by atoms with van der Waals surface area (Å²) >= 11 is 0. The fraction of sp³-hybridized carbons (Fsp3) is 0.550. The summed E-state index contributed by atoms with van der Waals surface area (Å²) in [5, 5.41) is 3.06. The quantitative estimate of drug-likeness (QED) is 0.456. The van der Waals surface area contributed by atoms with Crippen molar-refractivity contribution in [1.29, 1.82) is 0 Å². The first-order valence-corrected chi connectivity index (χ1v) is 9.17. The van der Waals surface area contributed by atoms with E-state index in [-0.39, 0.29) is 41.8 Å². The molecule has 1 aromatic carbocycles. The van der Waals surface area contributed by atoms with Gasteiger partial charge in [0.2, 0.25) is 0 Å². The minimum Gasteiger partial charge on any atom is -0.423 e. The second kappa shape index (κ2) is 9.48. The molecule has 1 saturated carbocycles. The summed E-state index contributed by atoms with van der Waals surface area (Å²) in [5.74, 6) is -0.844. The van der Waals surface area contributed by atoms with Gasteiger partial charge < -0.3 is 14.8 Å². The van der Waals surface area contributed by atoms with Gasteiger partial charge in [-0.2, -0.15) is 0 Å². The number of hydrogen-bond acceptors (Lipinski definition) is 6. The molecule has 0 spiro atoms. The number of benzene rings is 1. The van der Waals surface area contributed by atoms with E-state index in [0.717, 1.165) is 32.1 Å². The van der Waals surface area contributed by atoms with Gasteiger partial charge in [-0.1, -0.05) is 33.1 Å². The summed E-state index contributed by atoms with van der Waals surface area (Å²) in [5.41, 5.74) is 0.403. The summed E-state index contributed by atoms with van der Waals surface area (Å²) in [4.78, 5) is 36.1. The summed E-state index contributed by atoms with van der Waals surface area (Å²) in [6.07, 6.45) is 4.76. The Morgan fingerprint density at radius 2 is 1.77 bits per heavy atom. The number of nitrogens with one attached hydrogen (secondary N) is 1. The average Bonchev–Trinajstić information content (AvgIpc) is 2.61. The molecule has 0 unspecified atom stereocenters. The highest BCUT2D eigenvalue weighted by atomic mass is 16.6. The summed E-state index contributed by atoms with van der Waals surface area (Å²) in [6.45, 7) is 5.36. The molecule has 1 aromatic rings. The lowest BCUT2D eigenvalue weighted by atomic mass is 9.89. The maximum atomic E-state index is 12.4. The predicted molar refractivity (Wildman–Crippen MR) is 97.4 cm³/mol. The van der Waals surface area contributed by atoms with Crippen LogP contribution in [0.5, 0.6) is 11.5 Å². The van der Waals surface area contributed by atoms with Crippen LogP contribution in [0.3, 0.4) is 0 Å². The monoisotopic (exact) mass is 361 g/mol. The van der Waals surface area contributed by atoms with Gasteiger partial charge in [0.1, 0.15) is 0 Å². The fourth-order valence-corrected chi connectivity index (χ4v) is 2.93. The summed E-state index contributed by atoms with van der Waals surface area (Å²) in [6, 6.07) is 4.72. The third-order valence-electron chi connectivity index (χ3n) is 4.34. The molecule has 1 aliphatic rings. The van der Waals surface area contributed by atoms with Crippen molar-refractivity contribution in [3.63, 3.8) is 0 Å². The third kappa shape index (κ3) is 5.95. The first kappa shape index (κ1) is 20.1. The standard InChI is InChI=1S/C20H27NO5/c1-13(2)21-12-17(23)16-9-10-18(25-14(3)22)19(11-16)26-20(24)15-7-5-4-6-8-15/h9-11,13,15,21H,4-8,12H2,1-3H3. The van der Waals surface area contributed by atoms with Crippen LogP contribution in [0.25, 0.3) is 0 Å². The van der Waals surface area contributed by atoms with Crippen LogP contribution in [0.4, 0.5) is 0 Å². The molecular weight excluding hydrogens is 334 g/mol. The molecule has 0 radical (unpaired) electrons. The lowest BCUT2D eigenvalue weighted by Gasteiger charge is -2.20. The van der Waals surface area contributed by atoms with Gasteiger partial charge in [-0.25, -0.2) is 0 Å². The Morgan fingerprint density at radius 1 is 1.08 bits per heavy atom. The van der Waals surface area contributed by atoms with Gasteiger partial charge in [0.15, 0.2) is 17.3 Å². The SMILES string of the molecule is CC(=O)Oc1ccc(C(=O)CNC(C)C)cc1OC(=O)C1CCCCC1. The number of hydrogen-bond donors (Lipinski definition) is 1. The highest BCUT2D eigenvalue weighted by Crippen LogP contribution is 2.32.